The van der Waals surface area contributed by atoms with Crippen LogP contribution in [0.3, 0.4) is 0 Å². The Labute approximate surface area is 128 Å². The summed E-state index contributed by atoms with van der Waals surface area (Å²) in [6, 6.07) is 3.77. The highest BCUT2D eigenvalue weighted by molar-refractivity contribution is 9.10. The van der Waals surface area contributed by atoms with E-state index in [2.05, 4.69) is 21.2 Å². The van der Waals surface area contributed by atoms with Gasteiger partial charge in [0.15, 0.2) is 12.1 Å². The fourth-order valence-corrected chi connectivity index (χ4v) is 2.39. The molecule has 0 bridgehead atoms. The first kappa shape index (κ1) is 15.7. The number of benzene rings is 1. The molecule has 1 unspecified atom stereocenters. The summed E-state index contributed by atoms with van der Waals surface area (Å²) < 4.78 is 23.5. The van der Waals surface area contributed by atoms with Crippen LogP contribution < -0.4 is 10.1 Å². The Balaban J connectivity index is 1.94. The molecule has 1 heterocycles. The summed E-state index contributed by atoms with van der Waals surface area (Å²) in [6.07, 6.45) is 0.203. The molecule has 2 rings (SSSR count). The predicted octanol–water partition coefficient (Wildman–Crippen LogP) is 1.33. The number of hydrogen-bond acceptors (Lipinski definition) is 4. The van der Waals surface area contributed by atoms with Crippen LogP contribution in [-0.2, 0) is 14.3 Å². The Morgan fingerprint density at radius 1 is 1.52 bits per heavy atom. The smallest absolute Gasteiger partial charge is 0.331 e. The first-order valence-electron chi connectivity index (χ1n) is 6.13. The van der Waals surface area contributed by atoms with E-state index in [9.17, 15) is 19.1 Å². The third-order valence-corrected chi connectivity index (χ3v) is 3.68. The predicted molar refractivity (Wildman–Crippen MR) is 73.5 cm³/mol. The van der Waals surface area contributed by atoms with Gasteiger partial charge in [0.1, 0.15) is 11.6 Å². The molecule has 1 fully saturated rings. The summed E-state index contributed by atoms with van der Waals surface area (Å²) in [6.45, 7) is -0.176. The molecule has 1 aliphatic heterocycles. The first-order valence-corrected chi connectivity index (χ1v) is 6.92. The van der Waals surface area contributed by atoms with Crippen LogP contribution in [0.5, 0.6) is 5.75 Å². The maximum absolute atomic E-state index is 12.9. The standard InChI is InChI=1S/C13H13BrFNO5/c14-9-5-8(15)1-2-10(9)21-6-11(17)16-13(12(18)19)3-4-20-7-13/h1-2,5H,3-4,6-7H2,(H,16,17)(H,18,19). The summed E-state index contributed by atoms with van der Waals surface area (Å²) in [5.74, 6) is -1.87. The zero-order valence-corrected chi connectivity index (χ0v) is 12.5. The molecule has 1 aliphatic rings. The summed E-state index contributed by atoms with van der Waals surface area (Å²) in [7, 11) is 0. The van der Waals surface area contributed by atoms with Crippen molar-refractivity contribution in [1.82, 2.24) is 5.32 Å². The first-order chi connectivity index (χ1) is 9.93. The number of ether oxygens (including phenoxy) is 2. The second kappa shape index (κ2) is 6.40. The van der Waals surface area contributed by atoms with Gasteiger partial charge in [0.05, 0.1) is 11.1 Å². The molecule has 0 spiro atoms. The summed E-state index contributed by atoms with van der Waals surface area (Å²) in [5.41, 5.74) is -1.40. The van der Waals surface area contributed by atoms with E-state index in [1.54, 1.807) is 0 Å². The molecule has 1 atom stereocenters. The summed E-state index contributed by atoms with van der Waals surface area (Å²) in [5, 5.41) is 11.6. The number of carbonyl (C=O) groups excluding carboxylic acids is 1. The minimum atomic E-state index is -1.40. The Hall–Kier alpha value is -1.67. The molecule has 1 aromatic carbocycles. The van der Waals surface area contributed by atoms with Gasteiger partial charge in [0, 0.05) is 13.0 Å². The number of hydrogen-bond donors (Lipinski definition) is 2. The van der Waals surface area contributed by atoms with E-state index < -0.39 is 23.2 Å². The zero-order valence-electron chi connectivity index (χ0n) is 10.9. The van der Waals surface area contributed by atoms with Gasteiger partial charge in [-0.05, 0) is 34.1 Å². The second-order valence-electron chi connectivity index (χ2n) is 4.60. The molecule has 114 valence electrons. The van der Waals surface area contributed by atoms with E-state index in [1.165, 1.54) is 18.2 Å². The van der Waals surface area contributed by atoms with E-state index in [0.717, 1.165) is 0 Å². The molecule has 1 aromatic rings. The van der Waals surface area contributed by atoms with Crippen LogP contribution >= 0.6 is 15.9 Å². The third-order valence-electron chi connectivity index (χ3n) is 3.06. The number of carboxylic acid groups (broad SMARTS) is 1. The molecular weight excluding hydrogens is 349 g/mol. The van der Waals surface area contributed by atoms with Gasteiger partial charge in [0.2, 0.25) is 0 Å². The fourth-order valence-electron chi connectivity index (χ4n) is 1.92. The van der Waals surface area contributed by atoms with E-state index in [1.807, 2.05) is 0 Å². The minimum absolute atomic E-state index is 0.0751. The average molecular weight is 362 g/mol. The quantitative estimate of drug-likeness (QED) is 0.826. The minimum Gasteiger partial charge on any atom is -0.483 e. The third kappa shape index (κ3) is 3.70. The lowest BCUT2D eigenvalue weighted by Gasteiger charge is -2.23. The molecule has 0 saturated carbocycles. The van der Waals surface area contributed by atoms with Crippen LogP contribution in [0, 0.1) is 5.82 Å². The number of aliphatic carboxylic acids is 1. The van der Waals surface area contributed by atoms with E-state index in [0.29, 0.717) is 10.2 Å². The van der Waals surface area contributed by atoms with Gasteiger partial charge in [-0.2, -0.15) is 0 Å². The SMILES string of the molecule is O=C(COc1ccc(F)cc1Br)NC1(C(=O)O)CCOC1. The summed E-state index contributed by atoms with van der Waals surface area (Å²) >= 11 is 3.11. The Morgan fingerprint density at radius 3 is 2.86 bits per heavy atom. The average Bonchev–Trinajstić information content (AvgIpc) is 2.87. The van der Waals surface area contributed by atoms with Crippen molar-refractivity contribution >= 4 is 27.8 Å². The number of rotatable bonds is 5. The van der Waals surface area contributed by atoms with Gasteiger partial charge in [-0.15, -0.1) is 0 Å². The molecular formula is C13H13BrFNO5. The zero-order chi connectivity index (χ0) is 15.5. The van der Waals surface area contributed by atoms with Crippen LogP contribution in [-0.4, -0.2) is 42.3 Å². The number of carboxylic acids is 1. The molecule has 0 aliphatic carbocycles. The Bertz CT molecular complexity index is 559. The number of amides is 1. The van der Waals surface area contributed by atoms with Gasteiger partial charge in [-0.3, -0.25) is 4.79 Å². The van der Waals surface area contributed by atoms with Gasteiger partial charge >= 0.3 is 5.97 Å². The normalized spacial score (nSPS) is 21.0. The lowest BCUT2D eigenvalue weighted by Crippen LogP contribution is -2.56. The second-order valence-corrected chi connectivity index (χ2v) is 5.46. The van der Waals surface area contributed by atoms with Crippen molar-refractivity contribution in [2.75, 3.05) is 19.8 Å². The van der Waals surface area contributed by atoms with Crippen molar-refractivity contribution in [2.45, 2.75) is 12.0 Å². The molecule has 21 heavy (non-hydrogen) atoms. The van der Waals surface area contributed by atoms with Crippen molar-refractivity contribution in [2.24, 2.45) is 0 Å². The largest absolute Gasteiger partial charge is 0.483 e. The molecule has 1 amide bonds. The van der Waals surface area contributed by atoms with Crippen molar-refractivity contribution in [3.05, 3.63) is 28.5 Å². The van der Waals surface area contributed by atoms with Crippen LogP contribution in [0.15, 0.2) is 22.7 Å². The van der Waals surface area contributed by atoms with Crippen molar-refractivity contribution in [3.63, 3.8) is 0 Å². The van der Waals surface area contributed by atoms with Crippen LogP contribution in [0.4, 0.5) is 4.39 Å². The maximum Gasteiger partial charge on any atom is 0.331 e. The Kier molecular flexibility index (Phi) is 4.79. The summed E-state index contributed by atoms with van der Waals surface area (Å²) in [4.78, 5) is 23.1. The fraction of sp³-hybridized carbons (Fsp3) is 0.385. The lowest BCUT2D eigenvalue weighted by atomic mass is 9.99. The van der Waals surface area contributed by atoms with Crippen LogP contribution in [0.1, 0.15) is 6.42 Å². The highest BCUT2D eigenvalue weighted by Crippen LogP contribution is 2.25. The topological polar surface area (TPSA) is 84.9 Å². The molecule has 6 nitrogen and oxygen atoms in total. The Morgan fingerprint density at radius 2 is 2.29 bits per heavy atom. The van der Waals surface area contributed by atoms with Crippen LogP contribution in [0.25, 0.3) is 0 Å². The van der Waals surface area contributed by atoms with E-state index in [4.69, 9.17) is 9.47 Å². The lowest BCUT2D eigenvalue weighted by molar-refractivity contribution is -0.148. The number of carbonyl (C=O) groups is 2. The monoisotopic (exact) mass is 361 g/mol. The molecule has 1 saturated heterocycles. The number of halogens is 2. The van der Waals surface area contributed by atoms with Gasteiger partial charge in [0.25, 0.3) is 5.91 Å². The van der Waals surface area contributed by atoms with Crippen LogP contribution in [0.2, 0.25) is 0 Å². The number of nitrogens with one attached hydrogen (secondary N) is 1. The molecule has 0 radical (unpaired) electrons. The van der Waals surface area contributed by atoms with Crippen molar-refractivity contribution in [1.29, 1.82) is 0 Å². The van der Waals surface area contributed by atoms with Crippen molar-refractivity contribution < 1.29 is 28.6 Å². The van der Waals surface area contributed by atoms with Gasteiger partial charge in [-0.25, -0.2) is 9.18 Å². The van der Waals surface area contributed by atoms with Gasteiger partial charge < -0.3 is 19.9 Å². The van der Waals surface area contributed by atoms with E-state index in [-0.39, 0.29) is 26.2 Å². The van der Waals surface area contributed by atoms with Gasteiger partial charge in [-0.1, -0.05) is 0 Å². The highest BCUT2D eigenvalue weighted by atomic mass is 79.9. The molecule has 0 aromatic heterocycles. The molecule has 8 heteroatoms. The highest BCUT2D eigenvalue weighted by Gasteiger charge is 2.43. The van der Waals surface area contributed by atoms with E-state index >= 15 is 0 Å². The molecule has 2 N–H and O–H groups in total. The van der Waals surface area contributed by atoms with Crippen molar-refractivity contribution in [3.8, 4) is 5.75 Å². The maximum atomic E-state index is 12.9.